The lowest BCUT2D eigenvalue weighted by Gasteiger charge is -2.26. The van der Waals surface area contributed by atoms with E-state index in [4.69, 9.17) is 14.5 Å². The summed E-state index contributed by atoms with van der Waals surface area (Å²) in [6, 6.07) is 9.25. The lowest BCUT2D eigenvalue weighted by molar-refractivity contribution is -0.222. The highest BCUT2D eigenvalue weighted by Crippen LogP contribution is 2.28. The lowest BCUT2D eigenvalue weighted by Crippen LogP contribution is -2.31. The average molecular weight is 425 g/mol. The van der Waals surface area contributed by atoms with Gasteiger partial charge in [-0.15, -0.1) is 0 Å². The Morgan fingerprint density at radius 2 is 1.84 bits per heavy atom. The van der Waals surface area contributed by atoms with Gasteiger partial charge in [0.1, 0.15) is 5.82 Å². The third kappa shape index (κ3) is 4.65. The van der Waals surface area contributed by atoms with E-state index >= 15 is 0 Å². The zero-order chi connectivity index (χ0) is 22.4. The van der Waals surface area contributed by atoms with Crippen molar-refractivity contribution in [3.63, 3.8) is 0 Å². The maximum Gasteiger partial charge on any atom is 0.336 e. The van der Waals surface area contributed by atoms with Gasteiger partial charge in [-0.1, -0.05) is 38.1 Å². The number of ether oxygens (including phenoxy) is 2. The number of carbonyl (C=O) groups is 1. The predicted molar refractivity (Wildman–Crippen MR) is 116 cm³/mol. The minimum Gasteiger partial charge on any atom is -0.478 e. The number of pyridine rings is 1. The summed E-state index contributed by atoms with van der Waals surface area (Å²) in [5.74, 6) is -0.603. The van der Waals surface area contributed by atoms with E-state index in [1.54, 1.807) is 20.4 Å². The molecule has 0 spiro atoms. The molecular weight excluding hydrogens is 396 g/mol. The molecule has 0 bridgehead atoms. The van der Waals surface area contributed by atoms with Crippen LogP contribution in [0.1, 0.15) is 54.3 Å². The first-order chi connectivity index (χ1) is 15.0. The van der Waals surface area contributed by atoms with Crippen LogP contribution in [0.2, 0.25) is 0 Å². The molecule has 0 unspecified atom stereocenters. The summed E-state index contributed by atoms with van der Waals surface area (Å²) in [7, 11) is 3.19. The fraction of sp³-hybridized carbons (Fsp3) is 0.391. The Morgan fingerprint density at radius 1 is 1.13 bits per heavy atom. The second-order valence-electron chi connectivity index (χ2n) is 7.19. The third-order valence-corrected chi connectivity index (χ3v) is 5.33. The molecule has 2 aromatic heterocycles. The van der Waals surface area contributed by atoms with E-state index in [1.165, 1.54) is 12.3 Å². The van der Waals surface area contributed by atoms with E-state index in [2.05, 4.69) is 17.0 Å². The number of carboxylic acid groups (broad SMARTS) is 1. The molecule has 1 aromatic carbocycles. The topological polar surface area (TPSA) is 99.4 Å². The molecule has 0 aliphatic carbocycles. The number of aromatic carboxylic acids is 1. The van der Waals surface area contributed by atoms with Gasteiger partial charge in [0.2, 0.25) is 11.6 Å². The number of hydrogen-bond acceptors (Lipinski definition) is 6. The summed E-state index contributed by atoms with van der Waals surface area (Å²) in [6.45, 7) is 4.80. The van der Waals surface area contributed by atoms with Crippen molar-refractivity contribution in [2.24, 2.45) is 0 Å². The van der Waals surface area contributed by atoms with Gasteiger partial charge in [-0.2, -0.15) is 5.10 Å². The Bertz CT molecular complexity index is 1020. The fourth-order valence-corrected chi connectivity index (χ4v) is 3.57. The van der Waals surface area contributed by atoms with Gasteiger partial charge in [-0.05, 0) is 23.6 Å². The van der Waals surface area contributed by atoms with Gasteiger partial charge < -0.3 is 14.6 Å². The second kappa shape index (κ2) is 9.80. The summed E-state index contributed by atoms with van der Waals surface area (Å²) in [6.07, 6.45) is 5.14. The SMILES string of the molecule is CCCn1nc(C(CC)(OC)OC)nc1Cc1ccc(-c2cnccc2C(=O)O)cc1. The van der Waals surface area contributed by atoms with Crippen molar-refractivity contribution in [1.29, 1.82) is 0 Å². The molecule has 3 aromatic rings. The quantitative estimate of drug-likeness (QED) is 0.493. The van der Waals surface area contributed by atoms with Crippen LogP contribution < -0.4 is 0 Å². The van der Waals surface area contributed by atoms with Crippen LogP contribution in [0.3, 0.4) is 0 Å². The van der Waals surface area contributed by atoms with Crippen LogP contribution in [-0.2, 0) is 28.2 Å². The number of hydrogen-bond donors (Lipinski definition) is 1. The Hall–Kier alpha value is -3.10. The van der Waals surface area contributed by atoms with Gasteiger partial charge in [-0.3, -0.25) is 4.98 Å². The van der Waals surface area contributed by atoms with E-state index in [1.807, 2.05) is 35.9 Å². The molecule has 8 heteroatoms. The summed E-state index contributed by atoms with van der Waals surface area (Å²) in [5, 5.41) is 14.1. The summed E-state index contributed by atoms with van der Waals surface area (Å²) in [4.78, 5) is 20.3. The van der Waals surface area contributed by atoms with E-state index in [9.17, 15) is 9.90 Å². The summed E-state index contributed by atoms with van der Waals surface area (Å²) in [5.41, 5.74) is 2.66. The van der Waals surface area contributed by atoms with Crippen molar-refractivity contribution >= 4 is 5.97 Å². The van der Waals surface area contributed by atoms with Crippen molar-refractivity contribution in [2.75, 3.05) is 14.2 Å². The van der Waals surface area contributed by atoms with Gasteiger partial charge in [-0.25, -0.2) is 14.5 Å². The predicted octanol–water partition coefficient (Wildman–Crippen LogP) is 3.89. The van der Waals surface area contributed by atoms with Crippen LogP contribution >= 0.6 is 0 Å². The van der Waals surface area contributed by atoms with Gasteiger partial charge in [0.25, 0.3) is 0 Å². The Morgan fingerprint density at radius 3 is 2.42 bits per heavy atom. The molecule has 8 nitrogen and oxygen atoms in total. The largest absolute Gasteiger partial charge is 0.478 e. The minimum absolute atomic E-state index is 0.227. The van der Waals surface area contributed by atoms with Crippen molar-refractivity contribution in [3.05, 3.63) is 65.5 Å². The molecule has 0 fully saturated rings. The van der Waals surface area contributed by atoms with E-state index in [0.717, 1.165) is 29.9 Å². The van der Waals surface area contributed by atoms with Crippen molar-refractivity contribution < 1.29 is 19.4 Å². The zero-order valence-corrected chi connectivity index (χ0v) is 18.3. The van der Waals surface area contributed by atoms with Crippen LogP contribution in [0, 0.1) is 0 Å². The van der Waals surface area contributed by atoms with Gasteiger partial charge >= 0.3 is 5.97 Å². The highest BCUT2D eigenvalue weighted by molar-refractivity contribution is 5.95. The van der Waals surface area contributed by atoms with Gasteiger partial charge in [0.15, 0.2) is 0 Å². The van der Waals surface area contributed by atoms with E-state index in [0.29, 0.717) is 24.2 Å². The van der Waals surface area contributed by atoms with Crippen LogP contribution in [0.5, 0.6) is 0 Å². The number of carboxylic acids is 1. The first-order valence-electron chi connectivity index (χ1n) is 10.3. The first-order valence-corrected chi connectivity index (χ1v) is 10.3. The lowest BCUT2D eigenvalue weighted by atomic mass is 10.00. The maximum atomic E-state index is 11.5. The number of rotatable bonds is 10. The number of aryl methyl sites for hydroxylation is 1. The maximum absolute atomic E-state index is 11.5. The first kappa shape index (κ1) is 22.6. The molecule has 2 heterocycles. The Balaban J connectivity index is 1.90. The molecule has 0 aliphatic rings. The Labute approximate surface area is 181 Å². The zero-order valence-electron chi connectivity index (χ0n) is 18.3. The van der Waals surface area contributed by atoms with Crippen LogP contribution in [-0.4, -0.2) is 45.0 Å². The van der Waals surface area contributed by atoms with Crippen LogP contribution in [0.4, 0.5) is 0 Å². The fourth-order valence-electron chi connectivity index (χ4n) is 3.57. The number of nitrogens with zero attached hydrogens (tertiary/aromatic N) is 4. The summed E-state index contributed by atoms with van der Waals surface area (Å²) >= 11 is 0. The number of benzene rings is 1. The second-order valence-corrected chi connectivity index (χ2v) is 7.19. The minimum atomic E-state index is -0.975. The monoisotopic (exact) mass is 424 g/mol. The molecule has 1 N–H and O–H groups in total. The number of methoxy groups -OCH3 is 2. The molecule has 0 saturated heterocycles. The van der Waals surface area contributed by atoms with Crippen molar-refractivity contribution in [3.8, 4) is 11.1 Å². The molecule has 0 atom stereocenters. The van der Waals surface area contributed by atoms with Crippen LogP contribution in [0.25, 0.3) is 11.1 Å². The molecule has 164 valence electrons. The smallest absolute Gasteiger partial charge is 0.336 e. The molecule has 31 heavy (non-hydrogen) atoms. The highest BCUT2D eigenvalue weighted by Gasteiger charge is 2.35. The van der Waals surface area contributed by atoms with Crippen molar-refractivity contribution in [1.82, 2.24) is 19.7 Å². The summed E-state index contributed by atoms with van der Waals surface area (Å²) < 4.78 is 13.1. The molecule has 0 radical (unpaired) electrons. The molecule has 0 amide bonds. The van der Waals surface area contributed by atoms with E-state index in [-0.39, 0.29) is 5.56 Å². The highest BCUT2D eigenvalue weighted by atomic mass is 16.7. The third-order valence-electron chi connectivity index (χ3n) is 5.33. The Kier molecular flexibility index (Phi) is 7.14. The molecule has 3 rings (SSSR count). The standard InChI is InChI=1S/C23H28N4O4/c1-5-13-27-20(25-22(26-27)23(6-2,30-3)31-4)14-16-7-9-17(10-8-16)19-15-24-12-11-18(19)21(28)29/h7-12,15H,5-6,13-14H2,1-4H3,(H,28,29). The van der Waals surface area contributed by atoms with E-state index < -0.39 is 11.8 Å². The molecule has 0 aliphatic heterocycles. The van der Waals surface area contributed by atoms with Gasteiger partial charge in [0, 0.05) is 51.6 Å². The van der Waals surface area contributed by atoms with Gasteiger partial charge in [0.05, 0.1) is 5.56 Å². The number of aromatic nitrogens is 4. The average Bonchev–Trinajstić information content (AvgIpc) is 3.19. The molecule has 0 saturated carbocycles. The van der Waals surface area contributed by atoms with Crippen molar-refractivity contribution in [2.45, 2.75) is 45.4 Å². The normalized spacial score (nSPS) is 11.6. The van der Waals surface area contributed by atoms with Crippen LogP contribution in [0.15, 0.2) is 42.7 Å². The molecular formula is C23H28N4O4.